The molecule has 0 spiro atoms. The maximum atomic E-state index is 12.7. The van der Waals surface area contributed by atoms with E-state index in [0.717, 1.165) is 19.3 Å². The highest BCUT2D eigenvalue weighted by atomic mass is 16.5. The lowest BCUT2D eigenvalue weighted by Gasteiger charge is -2.32. The lowest BCUT2D eigenvalue weighted by molar-refractivity contribution is -0.130. The zero-order valence-electron chi connectivity index (χ0n) is 15.6. The maximum Gasteiger partial charge on any atom is 0.339 e. The molecule has 0 saturated heterocycles. The Hall–Kier alpha value is -2.94. The van der Waals surface area contributed by atoms with Crippen molar-refractivity contribution in [3.05, 3.63) is 41.6 Å². The third-order valence-electron chi connectivity index (χ3n) is 5.00. The largest absolute Gasteiger partial charge is 0.449 e. The van der Waals surface area contributed by atoms with Crippen LogP contribution in [0.15, 0.2) is 30.3 Å². The first-order valence-corrected chi connectivity index (χ1v) is 9.25. The van der Waals surface area contributed by atoms with Gasteiger partial charge in [-0.2, -0.15) is 5.26 Å². The van der Waals surface area contributed by atoms with Gasteiger partial charge in [-0.3, -0.25) is 9.78 Å². The third kappa shape index (κ3) is 4.08. The minimum atomic E-state index is -0.989. The van der Waals surface area contributed by atoms with Crippen LogP contribution >= 0.6 is 0 Å². The second-order valence-electron chi connectivity index (χ2n) is 7.12. The summed E-state index contributed by atoms with van der Waals surface area (Å²) in [6, 6.07) is 11.2. The fourth-order valence-electron chi connectivity index (χ4n) is 3.51. The van der Waals surface area contributed by atoms with Gasteiger partial charge < -0.3 is 10.1 Å². The summed E-state index contributed by atoms with van der Waals surface area (Å²) in [5.41, 5.74) is 0.927. The number of nitrogens with one attached hydrogen (secondary N) is 1. The molecule has 0 bridgehead atoms. The molecular formula is C21H23N3O3. The van der Waals surface area contributed by atoms with Gasteiger partial charge in [0.15, 0.2) is 6.10 Å². The molecule has 0 unspecified atom stereocenters. The summed E-state index contributed by atoms with van der Waals surface area (Å²) in [4.78, 5) is 29.6. The molecule has 0 radical (unpaired) electrons. The van der Waals surface area contributed by atoms with Crippen molar-refractivity contribution in [3.8, 4) is 6.07 Å². The summed E-state index contributed by atoms with van der Waals surface area (Å²) < 4.78 is 5.40. The number of amides is 1. The zero-order chi connectivity index (χ0) is 19.4. The number of nitrogens with zero attached hydrogens (tertiary/aromatic N) is 2. The quantitative estimate of drug-likeness (QED) is 0.838. The van der Waals surface area contributed by atoms with E-state index in [1.54, 1.807) is 19.1 Å². The number of aryl methyl sites for hydroxylation is 1. The van der Waals surface area contributed by atoms with E-state index < -0.39 is 23.5 Å². The number of aromatic nitrogens is 1. The first kappa shape index (κ1) is 18.8. The van der Waals surface area contributed by atoms with Crippen LogP contribution < -0.4 is 5.32 Å². The standard InChI is InChI=1S/C21H23N3O3/c1-14-12-17(16-8-4-5-9-18(16)23-14)20(26)27-15(2)19(25)24-21(13-22)10-6-3-7-11-21/h4-5,8-9,12,15H,3,6-7,10-11H2,1-2H3,(H,24,25)/t15-/m0/s1. The van der Waals surface area contributed by atoms with Gasteiger partial charge in [0.1, 0.15) is 5.54 Å². The number of ether oxygens (including phenoxy) is 1. The van der Waals surface area contributed by atoms with Gasteiger partial charge in [-0.15, -0.1) is 0 Å². The minimum absolute atomic E-state index is 0.380. The Bertz CT molecular complexity index is 911. The van der Waals surface area contributed by atoms with E-state index in [1.807, 2.05) is 18.2 Å². The van der Waals surface area contributed by atoms with Crippen molar-refractivity contribution >= 4 is 22.8 Å². The molecule has 1 heterocycles. The molecule has 1 saturated carbocycles. The fraction of sp³-hybridized carbons (Fsp3) is 0.429. The molecule has 2 aromatic rings. The molecule has 3 rings (SSSR count). The summed E-state index contributed by atoms with van der Waals surface area (Å²) in [7, 11) is 0. The number of pyridine rings is 1. The maximum absolute atomic E-state index is 12.7. The van der Waals surface area contributed by atoms with Crippen LogP contribution in [-0.4, -0.2) is 28.5 Å². The molecule has 6 heteroatoms. The van der Waals surface area contributed by atoms with Gasteiger partial charge in [0.05, 0.1) is 17.1 Å². The molecule has 1 aromatic carbocycles. The lowest BCUT2D eigenvalue weighted by atomic mass is 9.83. The molecule has 0 aliphatic heterocycles. The highest BCUT2D eigenvalue weighted by Gasteiger charge is 2.35. The number of esters is 1. The number of fused-ring (bicyclic) bond motifs is 1. The lowest BCUT2D eigenvalue weighted by Crippen LogP contribution is -2.52. The third-order valence-corrected chi connectivity index (χ3v) is 5.00. The van der Waals surface area contributed by atoms with Crippen molar-refractivity contribution in [2.24, 2.45) is 0 Å². The van der Waals surface area contributed by atoms with Crippen molar-refractivity contribution in [1.82, 2.24) is 10.3 Å². The highest BCUT2D eigenvalue weighted by Crippen LogP contribution is 2.28. The molecule has 27 heavy (non-hydrogen) atoms. The SMILES string of the molecule is Cc1cc(C(=O)O[C@@H](C)C(=O)NC2(C#N)CCCCC2)c2ccccc2n1. The van der Waals surface area contributed by atoms with Crippen LogP contribution in [0.5, 0.6) is 0 Å². The van der Waals surface area contributed by atoms with Gasteiger partial charge in [0.25, 0.3) is 5.91 Å². The van der Waals surface area contributed by atoms with Crippen LogP contribution in [0.2, 0.25) is 0 Å². The van der Waals surface area contributed by atoms with Crippen molar-refractivity contribution in [2.45, 2.75) is 57.6 Å². The topological polar surface area (TPSA) is 92.1 Å². The minimum Gasteiger partial charge on any atom is -0.449 e. The summed E-state index contributed by atoms with van der Waals surface area (Å²) >= 11 is 0. The van der Waals surface area contributed by atoms with E-state index in [2.05, 4.69) is 16.4 Å². The van der Waals surface area contributed by atoms with E-state index in [1.165, 1.54) is 6.92 Å². The number of benzene rings is 1. The van der Waals surface area contributed by atoms with E-state index in [-0.39, 0.29) is 0 Å². The number of para-hydroxylation sites is 1. The first-order chi connectivity index (χ1) is 12.9. The molecule has 1 aliphatic carbocycles. The Morgan fingerprint density at radius 1 is 1.26 bits per heavy atom. The average Bonchev–Trinajstić information content (AvgIpc) is 2.67. The van der Waals surface area contributed by atoms with Crippen molar-refractivity contribution < 1.29 is 14.3 Å². The summed E-state index contributed by atoms with van der Waals surface area (Å²) in [5, 5.41) is 13.0. The molecule has 1 N–H and O–H groups in total. The molecule has 140 valence electrons. The predicted octanol–water partition coefficient (Wildman–Crippen LogP) is 3.43. The molecule has 1 amide bonds. The van der Waals surface area contributed by atoms with E-state index in [0.29, 0.717) is 35.0 Å². The fourth-order valence-corrected chi connectivity index (χ4v) is 3.51. The number of carbonyl (C=O) groups excluding carboxylic acids is 2. The second-order valence-corrected chi connectivity index (χ2v) is 7.12. The molecule has 1 aromatic heterocycles. The van der Waals surface area contributed by atoms with Crippen LogP contribution in [0.25, 0.3) is 10.9 Å². The molecule has 1 atom stereocenters. The van der Waals surface area contributed by atoms with E-state index >= 15 is 0 Å². The van der Waals surface area contributed by atoms with Gasteiger partial charge in [0, 0.05) is 11.1 Å². The molecule has 6 nitrogen and oxygen atoms in total. The van der Waals surface area contributed by atoms with E-state index in [9.17, 15) is 14.9 Å². The highest BCUT2D eigenvalue weighted by molar-refractivity contribution is 6.04. The van der Waals surface area contributed by atoms with Crippen molar-refractivity contribution in [1.29, 1.82) is 5.26 Å². The Morgan fingerprint density at radius 2 is 1.96 bits per heavy atom. The van der Waals surface area contributed by atoms with Gasteiger partial charge >= 0.3 is 5.97 Å². The molecule has 1 aliphatic rings. The molecule has 1 fully saturated rings. The first-order valence-electron chi connectivity index (χ1n) is 9.25. The van der Waals surface area contributed by atoms with Gasteiger partial charge in [-0.25, -0.2) is 4.79 Å². The van der Waals surface area contributed by atoms with Gasteiger partial charge in [0.2, 0.25) is 0 Å². The van der Waals surface area contributed by atoms with Crippen LogP contribution in [0.1, 0.15) is 55.1 Å². The molecular weight excluding hydrogens is 342 g/mol. The van der Waals surface area contributed by atoms with Gasteiger partial charge in [-0.05, 0) is 38.8 Å². The summed E-state index contributed by atoms with van der Waals surface area (Å²) in [6.07, 6.45) is 3.15. The monoisotopic (exact) mass is 365 g/mol. The number of rotatable bonds is 4. The van der Waals surface area contributed by atoms with Gasteiger partial charge in [-0.1, -0.05) is 37.5 Å². The smallest absolute Gasteiger partial charge is 0.339 e. The van der Waals surface area contributed by atoms with Crippen LogP contribution in [0.4, 0.5) is 0 Å². The van der Waals surface area contributed by atoms with Crippen molar-refractivity contribution in [2.75, 3.05) is 0 Å². The number of nitriles is 1. The predicted molar refractivity (Wildman–Crippen MR) is 101 cm³/mol. The van der Waals surface area contributed by atoms with Crippen LogP contribution in [0.3, 0.4) is 0 Å². The number of hydrogen-bond donors (Lipinski definition) is 1. The Labute approximate surface area is 158 Å². The van der Waals surface area contributed by atoms with Crippen LogP contribution in [0, 0.1) is 18.3 Å². The summed E-state index contributed by atoms with van der Waals surface area (Å²) in [6.45, 7) is 3.33. The number of carbonyl (C=O) groups is 2. The van der Waals surface area contributed by atoms with E-state index in [4.69, 9.17) is 4.74 Å². The van der Waals surface area contributed by atoms with Crippen LogP contribution in [-0.2, 0) is 9.53 Å². The Balaban J connectivity index is 1.74. The summed E-state index contributed by atoms with van der Waals surface area (Å²) in [5.74, 6) is -1.02. The number of hydrogen-bond acceptors (Lipinski definition) is 5. The average molecular weight is 365 g/mol. The Morgan fingerprint density at radius 3 is 2.67 bits per heavy atom. The normalized spacial score (nSPS) is 16.9. The van der Waals surface area contributed by atoms with Crippen molar-refractivity contribution in [3.63, 3.8) is 0 Å². The zero-order valence-corrected chi connectivity index (χ0v) is 15.6. The Kier molecular flexibility index (Phi) is 5.41. The second kappa shape index (κ2) is 7.75.